The number of amides is 1. The van der Waals surface area contributed by atoms with Crippen molar-refractivity contribution in [3.05, 3.63) is 59.3 Å². The third-order valence-corrected chi connectivity index (χ3v) is 11.3. The van der Waals surface area contributed by atoms with Crippen LogP contribution < -0.4 is 11.1 Å². The van der Waals surface area contributed by atoms with Crippen molar-refractivity contribution in [1.82, 2.24) is 14.6 Å². The number of sulfonamides is 1. The van der Waals surface area contributed by atoms with Crippen molar-refractivity contribution < 1.29 is 17.9 Å². The molecule has 1 aliphatic heterocycles. The van der Waals surface area contributed by atoms with Gasteiger partial charge in [-0.25, -0.2) is 12.7 Å². The van der Waals surface area contributed by atoms with E-state index < -0.39 is 15.9 Å². The van der Waals surface area contributed by atoms with Crippen LogP contribution in [0.5, 0.6) is 0 Å². The molecule has 2 heterocycles. The standard InChI is InChI=1S/C33H46N4O4S/c1-23(25-9-4-3-5-10-25)35-21-24-8-6-11-27(18-24)28-19-29-31(22-36-32(29)30(20-28)33(34)38)26-12-14-37(15-13-26)42(39,40)17-7-16-41-2/h6,8,11,18-20,22-23,25-26,35-36H,3-5,7,9-10,12-17,21H2,1-2H3,(H2,34,38)/t23-/m0/s1. The van der Waals surface area contributed by atoms with Crippen LogP contribution >= 0.6 is 0 Å². The number of carbonyl (C=O) groups is 1. The normalized spacial score (nSPS) is 18.4. The lowest BCUT2D eigenvalue weighted by Crippen LogP contribution is -2.39. The lowest BCUT2D eigenvalue weighted by Gasteiger charge is -2.31. The number of H-pyrrole nitrogens is 1. The fourth-order valence-corrected chi connectivity index (χ4v) is 8.36. The number of nitrogens with one attached hydrogen (secondary N) is 2. The molecule has 1 atom stereocenters. The highest BCUT2D eigenvalue weighted by atomic mass is 32.2. The first-order valence-electron chi connectivity index (χ1n) is 15.5. The van der Waals surface area contributed by atoms with Gasteiger partial charge in [0.2, 0.25) is 10.0 Å². The van der Waals surface area contributed by atoms with E-state index in [4.69, 9.17) is 10.5 Å². The topological polar surface area (TPSA) is 118 Å². The number of aromatic amines is 1. The number of nitrogens with two attached hydrogens (primary N) is 1. The number of carbonyl (C=O) groups excluding carboxylic acids is 1. The summed E-state index contributed by atoms with van der Waals surface area (Å²) in [4.78, 5) is 15.9. The molecule has 0 unspecified atom stereocenters. The lowest BCUT2D eigenvalue weighted by atomic mass is 9.84. The summed E-state index contributed by atoms with van der Waals surface area (Å²) in [5.41, 5.74) is 11.4. The number of fused-ring (bicyclic) bond motifs is 1. The number of benzene rings is 2. The van der Waals surface area contributed by atoms with Crippen LogP contribution in [0.15, 0.2) is 42.6 Å². The smallest absolute Gasteiger partial charge is 0.250 e. The third kappa shape index (κ3) is 7.08. The first-order chi connectivity index (χ1) is 20.3. The summed E-state index contributed by atoms with van der Waals surface area (Å²) < 4.78 is 32.2. The second-order valence-electron chi connectivity index (χ2n) is 12.2. The monoisotopic (exact) mass is 594 g/mol. The minimum absolute atomic E-state index is 0.109. The highest BCUT2D eigenvalue weighted by Gasteiger charge is 2.30. The molecule has 1 aliphatic carbocycles. The maximum Gasteiger partial charge on any atom is 0.250 e. The number of hydrogen-bond acceptors (Lipinski definition) is 5. The molecule has 0 radical (unpaired) electrons. The molecule has 8 nitrogen and oxygen atoms in total. The van der Waals surface area contributed by atoms with E-state index in [1.54, 1.807) is 11.4 Å². The first kappa shape index (κ1) is 30.7. The molecule has 9 heteroatoms. The Bertz CT molecular complexity index is 1470. The number of ether oxygens (including phenoxy) is 1. The van der Waals surface area contributed by atoms with Gasteiger partial charge in [-0.3, -0.25) is 4.79 Å². The van der Waals surface area contributed by atoms with Crippen LogP contribution in [-0.2, 0) is 21.3 Å². The number of hydrogen-bond donors (Lipinski definition) is 3. The zero-order valence-electron chi connectivity index (χ0n) is 25.0. The van der Waals surface area contributed by atoms with Gasteiger partial charge in [-0.2, -0.15) is 0 Å². The summed E-state index contributed by atoms with van der Waals surface area (Å²) in [7, 11) is -1.71. The van der Waals surface area contributed by atoms with Crippen molar-refractivity contribution in [2.24, 2.45) is 11.7 Å². The Balaban J connectivity index is 1.35. The van der Waals surface area contributed by atoms with Gasteiger partial charge in [-0.1, -0.05) is 37.5 Å². The second-order valence-corrected chi connectivity index (χ2v) is 14.2. The fourth-order valence-electron chi connectivity index (χ4n) is 6.85. The SMILES string of the molecule is COCCCS(=O)(=O)N1CCC(c2c[nH]c3c(C(N)=O)cc(-c4cccc(CN[C@@H](C)C5CCCCC5)c4)cc23)CC1. The third-order valence-electron chi connectivity index (χ3n) is 9.37. The number of aromatic nitrogens is 1. The Kier molecular flexibility index (Phi) is 10.0. The molecule has 1 saturated carbocycles. The summed E-state index contributed by atoms with van der Waals surface area (Å²) in [6.45, 7) is 4.53. The second kappa shape index (κ2) is 13.7. The molecule has 1 amide bonds. The molecule has 5 rings (SSSR count). The van der Waals surface area contributed by atoms with Gasteiger partial charge in [0.25, 0.3) is 5.91 Å². The molecule has 1 aromatic heterocycles. The van der Waals surface area contributed by atoms with Crippen molar-refractivity contribution in [2.45, 2.75) is 76.8 Å². The fraction of sp³-hybridized carbons (Fsp3) is 0.545. The molecule has 0 spiro atoms. The molecule has 2 fully saturated rings. The summed E-state index contributed by atoms with van der Waals surface area (Å²) >= 11 is 0. The molecule has 42 heavy (non-hydrogen) atoms. The van der Waals surface area contributed by atoms with E-state index in [0.717, 1.165) is 52.9 Å². The van der Waals surface area contributed by atoms with Crippen LogP contribution in [0.4, 0.5) is 0 Å². The molecular weight excluding hydrogens is 548 g/mol. The number of methoxy groups -OCH3 is 1. The number of nitrogens with zero attached hydrogens (tertiary/aromatic N) is 1. The Morgan fingerprint density at radius 3 is 2.57 bits per heavy atom. The molecule has 228 valence electrons. The maximum absolute atomic E-state index is 12.8. The molecular formula is C33H46N4O4S. The Morgan fingerprint density at radius 2 is 1.86 bits per heavy atom. The van der Waals surface area contributed by atoms with Crippen molar-refractivity contribution in [3.63, 3.8) is 0 Å². The van der Waals surface area contributed by atoms with Gasteiger partial charge in [-0.05, 0) is 91.3 Å². The van der Waals surface area contributed by atoms with E-state index in [-0.39, 0.29) is 11.7 Å². The molecule has 0 bridgehead atoms. The molecule has 4 N–H and O–H groups in total. The Hall–Kier alpha value is -2.72. The average Bonchev–Trinajstić information content (AvgIpc) is 3.44. The van der Waals surface area contributed by atoms with E-state index in [1.807, 2.05) is 12.3 Å². The van der Waals surface area contributed by atoms with Crippen molar-refractivity contribution in [2.75, 3.05) is 32.6 Å². The highest BCUT2D eigenvalue weighted by molar-refractivity contribution is 7.89. The lowest BCUT2D eigenvalue weighted by molar-refractivity contribution is 0.100. The van der Waals surface area contributed by atoms with Crippen LogP contribution in [0.2, 0.25) is 0 Å². The predicted octanol–water partition coefficient (Wildman–Crippen LogP) is 5.54. The number of rotatable bonds is 12. The highest BCUT2D eigenvalue weighted by Crippen LogP contribution is 2.37. The van der Waals surface area contributed by atoms with Crippen LogP contribution in [0.25, 0.3) is 22.0 Å². The summed E-state index contributed by atoms with van der Waals surface area (Å²) in [6.07, 6.45) is 10.6. The Labute approximate surface area is 250 Å². The molecule has 1 saturated heterocycles. The van der Waals surface area contributed by atoms with Crippen LogP contribution in [0.1, 0.15) is 85.7 Å². The largest absolute Gasteiger partial charge is 0.385 e. The van der Waals surface area contributed by atoms with Crippen LogP contribution in [0.3, 0.4) is 0 Å². The van der Waals surface area contributed by atoms with Crippen LogP contribution in [0, 0.1) is 5.92 Å². The van der Waals surface area contributed by atoms with Crippen molar-refractivity contribution >= 4 is 26.8 Å². The van der Waals surface area contributed by atoms with E-state index in [2.05, 4.69) is 47.6 Å². The molecule has 2 aliphatic rings. The van der Waals surface area contributed by atoms with Gasteiger partial charge in [0.05, 0.1) is 16.8 Å². The molecule has 2 aromatic carbocycles. The average molecular weight is 595 g/mol. The summed E-state index contributed by atoms with van der Waals surface area (Å²) in [6, 6.07) is 13.0. The quantitative estimate of drug-likeness (QED) is 0.238. The van der Waals surface area contributed by atoms with Gasteiger partial charge in [-0.15, -0.1) is 0 Å². The van der Waals surface area contributed by atoms with E-state index >= 15 is 0 Å². The van der Waals surface area contributed by atoms with E-state index in [1.165, 1.54) is 37.7 Å². The van der Waals surface area contributed by atoms with Crippen molar-refractivity contribution in [3.8, 4) is 11.1 Å². The summed E-state index contributed by atoms with van der Waals surface area (Å²) in [5.74, 6) is 0.582. The van der Waals surface area contributed by atoms with E-state index in [0.29, 0.717) is 37.7 Å². The van der Waals surface area contributed by atoms with E-state index in [9.17, 15) is 13.2 Å². The zero-order chi connectivity index (χ0) is 29.7. The summed E-state index contributed by atoms with van der Waals surface area (Å²) in [5, 5.41) is 4.73. The van der Waals surface area contributed by atoms with Gasteiger partial charge in [0, 0.05) is 51.0 Å². The number of primary amides is 1. The molecule has 3 aromatic rings. The minimum Gasteiger partial charge on any atom is -0.385 e. The maximum atomic E-state index is 12.8. The van der Waals surface area contributed by atoms with Gasteiger partial charge >= 0.3 is 0 Å². The van der Waals surface area contributed by atoms with Gasteiger partial charge in [0.1, 0.15) is 0 Å². The Morgan fingerprint density at radius 1 is 1.10 bits per heavy atom. The minimum atomic E-state index is -3.29. The number of piperidine rings is 1. The van der Waals surface area contributed by atoms with Gasteiger partial charge < -0.3 is 20.8 Å². The van der Waals surface area contributed by atoms with Crippen molar-refractivity contribution in [1.29, 1.82) is 0 Å². The predicted molar refractivity (Wildman–Crippen MR) is 169 cm³/mol. The van der Waals surface area contributed by atoms with Crippen LogP contribution in [-0.4, -0.2) is 62.2 Å². The zero-order valence-corrected chi connectivity index (χ0v) is 25.8. The first-order valence-corrected chi connectivity index (χ1v) is 17.1. The van der Waals surface area contributed by atoms with Gasteiger partial charge in [0.15, 0.2) is 0 Å².